The van der Waals surface area contributed by atoms with Crippen molar-refractivity contribution in [3.8, 4) is 34.3 Å². The minimum Gasteiger partial charge on any atom is -0.346 e. The van der Waals surface area contributed by atoms with E-state index in [1.165, 1.54) is 0 Å². The molecule has 0 radical (unpaired) electrons. The summed E-state index contributed by atoms with van der Waals surface area (Å²) >= 11 is 0. The Hall–Kier alpha value is -4.44. The van der Waals surface area contributed by atoms with Crippen molar-refractivity contribution >= 4 is 11.0 Å². The van der Waals surface area contributed by atoms with Crippen LogP contribution in [0.2, 0.25) is 0 Å². The second kappa shape index (κ2) is 8.00. The van der Waals surface area contributed by atoms with Gasteiger partial charge in [-0.3, -0.25) is 9.55 Å². The number of fused-ring (bicyclic) bond motifs is 1. The lowest BCUT2D eigenvalue weighted by Gasteiger charge is -2.09. The summed E-state index contributed by atoms with van der Waals surface area (Å²) in [6.07, 6.45) is 8.40. The van der Waals surface area contributed by atoms with Crippen molar-refractivity contribution in [2.24, 2.45) is 7.05 Å². The third kappa shape index (κ3) is 3.48. The topological polar surface area (TPSA) is 92.3 Å². The number of hydrogen-bond donors (Lipinski definition) is 1. The average Bonchev–Trinajstić information content (AvgIpc) is 3.42. The molecular weight excluding hydrogens is 400 g/mol. The molecule has 0 saturated heterocycles. The zero-order chi connectivity index (χ0) is 22.1. The lowest BCUT2D eigenvalue weighted by molar-refractivity contribution is 0.824. The number of H-pyrrole nitrogens is 1. The number of nitrogens with one attached hydrogen (secondary N) is 1. The molecule has 0 aliphatic carbocycles. The molecule has 0 unspecified atom stereocenters. The molecule has 1 aromatic carbocycles. The van der Waals surface area contributed by atoms with Crippen LogP contribution in [0.3, 0.4) is 0 Å². The molecule has 0 aliphatic rings. The van der Waals surface area contributed by atoms with Gasteiger partial charge in [0.15, 0.2) is 0 Å². The minimum absolute atomic E-state index is 0.146. The van der Waals surface area contributed by atoms with Crippen LogP contribution >= 0.6 is 0 Å². The summed E-state index contributed by atoms with van der Waals surface area (Å²) in [7, 11) is 1.73. The summed E-state index contributed by atoms with van der Waals surface area (Å²) in [5.74, 6) is 0. The summed E-state index contributed by atoms with van der Waals surface area (Å²) in [6, 6.07) is 17.9. The molecule has 7 heteroatoms. The number of nitrogens with zero attached hydrogens (tertiary/aromatic N) is 5. The zero-order valence-electron chi connectivity index (χ0n) is 17.5. The van der Waals surface area contributed by atoms with Gasteiger partial charge < -0.3 is 9.55 Å². The van der Waals surface area contributed by atoms with Crippen LogP contribution in [0.15, 0.2) is 78.1 Å². The fraction of sp³-hybridized carbons (Fsp3) is 0.120. The van der Waals surface area contributed by atoms with E-state index < -0.39 is 0 Å². The highest BCUT2D eigenvalue weighted by Gasteiger charge is 2.15. The van der Waals surface area contributed by atoms with Gasteiger partial charge in [0.2, 0.25) is 0 Å². The third-order valence-electron chi connectivity index (χ3n) is 5.53. The number of rotatable bonds is 5. The Labute approximate surface area is 184 Å². The highest BCUT2D eigenvalue weighted by molar-refractivity contribution is 5.82. The van der Waals surface area contributed by atoms with E-state index in [4.69, 9.17) is 5.26 Å². The Morgan fingerprint density at radius 1 is 1.06 bits per heavy atom. The van der Waals surface area contributed by atoms with Crippen LogP contribution in [0.25, 0.3) is 39.2 Å². The highest BCUT2D eigenvalue weighted by Crippen LogP contribution is 2.27. The second-order valence-electron chi connectivity index (χ2n) is 7.64. The van der Waals surface area contributed by atoms with E-state index >= 15 is 0 Å². The van der Waals surface area contributed by atoms with Gasteiger partial charge in [-0.15, -0.1) is 0 Å². The molecule has 0 aliphatic heterocycles. The van der Waals surface area contributed by atoms with Crippen molar-refractivity contribution in [1.29, 1.82) is 5.26 Å². The fourth-order valence-electron chi connectivity index (χ4n) is 3.85. The van der Waals surface area contributed by atoms with Gasteiger partial charge in [0.05, 0.1) is 23.1 Å². The first-order chi connectivity index (χ1) is 15.6. The zero-order valence-corrected chi connectivity index (χ0v) is 17.5. The Kier molecular flexibility index (Phi) is 4.88. The number of hydrogen-bond acceptors (Lipinski definition) is 4. The van der Waals surface area contributed by atoms with E-state index in [0.29, 0.717) is 24.2 Å². The molecule has 0 fully saturated rings. The summed E-state index contributed by atoms with van der Waals surface area (Å²) in [4.78, 5) is 25.1. The van der Waals surface area contributed by atoms with Crippen molar-refractivity contribution in [2.75, 3.05) is 0 Å². The van der Waals surface area contributed by atoms with E-state index in [0.717, 1.165) is 33.4 Å². The molecule has 1 N–H and O–H groups in total. The lowest BCUT2D eigenvalue weighted by atomic mass is 10.1. The van der Waals surface area contributed by atoms with E-state index in [1.54, 1.807) is 28.6 Å². The average molecular weight is 420 g/mol. The Balaban J connectivity index is 1.57. The van der Waals surface area contributed by atoms with Gasteiger partial charge >= 0.3 is 5.69 Å². The first-order valence-corrected chi connectivity index (χ1v) is 10.3. The second-order valence-corrected chi connectivity index (χ2v) is 7.64. The van der Waals surface area contributed by atoms with Gasteiger partial charge in [-0.2, -0.15) is 5.26 Å². The normalized spacial score (nSPS) is 11.0. The summed E-state index contributed by atoms with van der Waals surface area (Å²) in [6.45, 7) is 0. The van der Waals surface area contributed by atoms with Crippen LogP contribution in [0.4, 0.5) is 0 Å². The molecule has 4 heterocycles. The molecule has 4 aromatic heterocycles. The van der Waals surface area contributed by atoms with Crippen molar-refractivity contribution in [2.45, 2.75) is 12.8 Å². The predicted octanol–water partition coefficient (Wildman–Crippen LogP) is 4.24. The van der Waals surface area contributed by atoms with Crippen LogP contribution in [-0.2, 0) is 13.5 Å². The van der Waals surface area contributed by atoms with E-state index in [-0.39, 0.29) is 5.69 Å². The third-order valence-corrected chi connectivity index (χ3v) is 5.53. The quantitative estimate of drug-likeness (QED) is 0.460. The molecule has 0 atom stereocenters. The standard InChI is InChI=1S/C25H20N6O/c1-30-16-23(31(25(30)32)21-6-4-17(5-7-21)3-2-10-26)22-14-18(8-11-27-22)20-13-19-9-12-28-24(19)29-15-20/h4-9,11-16H,2-3H2,1H3,(H,28,29). The number of imidazole rings is 1. The van der Waals surface area contributed by atoms with Crippen LogP contribution in [0.1, 0.15) is 12.0 Å². The molecule has 156 valence electrons. The van der Waals surface area contributed by atoms with Gasteiger partial charge in [-0.1, -0.05) is 12.1 Å². The lowest BCUT2D eigenvalue weighted by Crippen LogP contribution is -2.21. The molecule has 0 saturated carbocycles. The SMILES string of the molecule is Cn1cc(-c2cc(-c3cnc4[nH]ccc4c3)ccn2)n(-c2ccc(CCC#N)cc2)c1=O. The monoisotopic (exact) mass is 420 g/mol. The van der Waals surface area contributed by atoms with Crippen molar-refractivity contribution in [3.05, 3.63) is 89.4 Å². The Bertz CT molecular complexity index is 1510. The molecule has 32 heavy (non-hydrogen) atoms. The Morgan fingerprint density at radius 3 is 2.72 bits per heavy atom. The number of benzene rings is 1. The molecule has 0 bridgehead atoms. The maximum Gasteiger partial charge on any atom is 0.333 e. The molecule has 5 aromatic rings. The van der Waals surface area contributed by atoms with Gasteiger partial charge in [-0.25, -0.2) is 9.78 Å². The van der Waals surface area contributed by atoms with E-state index in [2.05, 4.69) is 27.1 Å². The minimum atomic E-state index is -0.146. The molecule has 0 amide bonds. The first-order valence-electron chi connectivity index (χ1n) is 10.3. The maximum absolute atomic E-state index is 12.9. The molecule has 7 nitrogen and oxygen atoms in total. The Morgan fingerprint density at radius 2 is 1.91 bits per heavy atom. The molecule has 0 spiro atoms. The van der Waals surface area contributed by atoms with E-state index in [9.17, 15) is 4.79 Å². The van der Waals surface area contributed by atoms with Crippen molar-refractivity contribution in [1.82, 2.24) is 24.1 Å². The van der Waals surface area contributed by atoms with Gasteiger partial charge in [0.25, 0.3) is 0 Å². The highest BCUT2D eigenvalue weighted by atomic mass is 16.1. The number of aromatic amines is 1. The fourth-order valence-corrected chi connectivity index (χ4v) is 3.85. The molecular formula is C25H20N6O. The largest absolute Gasteiger partial charge is 0.346 e. The number of pyridine rings is 2. The van der Waals surface area contributed by atoms with Crippen molar-refractivity contribution in [3.63, 3.8) is 0 Å². The van der Waals surface area contributed by atoms with Crippen LogP contribution < -0.4 is 5.69 Å². The van der Waals surface area contributed by atoms with Crippen LogP contribution in [0.5, 0.6) is 0 Å². The number of nitriles is 1. The van der Waals surface area contributed by atoms with Gasteiger partial charge in [0, 0.05) is 49.2 Å². The smallest absolute Gasteiger partial charge is 0.333 e. The summed E-state index contributed by atoms with van der Waals surface area (Å²) in [5, 5.41) is 9.83. The summed E-state index contributed by atoms with van der Waals surface area (Å²) in [5.41, 5.74) is 5.88. The molecule has 5 rings (SSSR count). The maximum atomic E-state index is 12.9. The van der Waals surface area contributed by atoms with Gasteiger partial charge in [-0.05, 0) is 53.9 Å². The first kappa shape index (κ1) is 19.5. The van der Waals surface area contributed by atoms with Crippen LogP contribution in [-0.4, -0.2) is 24.1 Å². The van der Waals surface area contributed by atoms with E-state index in [1.807, 2.05) is 54.9 Å². The van der Waals surface area contributed by atoms with Crippen molar-refractivity contribution < 1.29 is 0 Å². The van der Waals surface area contributed by atoms with Gasteiger partial charge in [0.1, 0.15) is 5.65 Å². The summed E-state index contributed by atoms with van der Waals surface area (Å²) < 4.78 is 3.22. The predicted molar refractivity (Wildman–Crippen MR) is 123 cm³/mol. The number of aromatic nitrogens is 5. The van der Waals surface area contributed by atoms with Crippen LogP contribution in [0, 0.1) is 11.3 Å². The number of aryl methyl sites for hydroxylation is 2.